The number of alkyl halides is 1. The zero-order valence-corrected chi connectivity index (χ0v) is 8.75. The molecular weight excluding hydrogens is 186 g/mol. The molecule has 3 nitrogen and oxygen atoms in total. The molecule has 1 aromatic rings. The van der Waals surface area contributed by atoms with E-state index in [0.29, 0.717) is 5.41 Å². The second-order valence-corrected chi connectivity index (χ2v) is 4.61. The molecule has 4 heteroatoms. The van der Waals surface area contributed by atoms with Gasteiger partial charge in [-0.3, -0.25) is 4.68 Å². The van der Waals surface area contributed by atoms with E-state index < -0.39 is 0 Å². The van der Waals surface area contributed by atoms with Crippen LogP contribution in [0.1, 0.15) is 25.6 Å². The van der Waals surface area contributed by atoms with Crippen molar-refractivity contribution in [1.29, 1.82) is 0 Å². The molecule has 1 heterocycles. The SMILES string of the molecule is CC(Cl)C1(Cc2ncnn2C)CC1. The van der Waals surface area contributed by atoms with Crippen molar-refractivity contribution in [3.63, 3.8) is 0 Å². The average Bonchev–Trinajstić information content (AvgIpc) is 2.74. The van der Waals surface area contributed by atoms with Crippen LogP contribution >= 0.6 is 11.6 Å². The van der Waals surface area contributed by atoms with Crippen molar-refractivity contribution in [3.8, 4) is 0 Å². The molecule has 0 aromatic carbocycles. The minimum absolute atomic E-state index is 0.240. The van der Waals surface area contributed by atoms with Gasteiger partial charge in [0.05, 0.1) is 0 Å². The van der Waals surface area contributed by atoms with Gasteiger partial charge in [0.1, 0.15) is 12.2 Å². The lowest BCUT2D eigenvalue weighted by Gasteiger charge is -2.16. The lowest BCUT2D eigenvalue weighted by molar-refractivity contribution is 0.469. The molecule has 1 atom stereocenters. The van der Waals surface area contributed by atoms with Crippen LogP contribution in [0.5, 0.6) is 0 Å². The summed E-state index contributed by atoms with van der Waals surface area (Å²) in [5, 5.41) is 4.29. The Morgan fingerprint density at radius 2 is 2.38 bits per heavy atom. The van der Waals surface area contributed by atoms with Crippen molar-refractivity contribution in [3.05, 3.63) is 12.2 Å². The summed E-state index contributed by atoms with van der Waals surface area (Å²) in [6.45, 7) is 2.07. The van der Waals surface area contributed by atoms with Gasteiger partial charge >= 0.3 is 0 Å². The van der Waals surface area contributed by atoms with Crippen molar-refractivity contribution >= 4 is 11.6 Å². The Morgan fingerprint density at radius 3 is 2.77 bits per heavy atom. The average molecular weight is 200 g/mol. The molecule has 0 radical (unpaired) electrons. The monoisotopic (exact) mass is 199 g/mol. The van der Waals surface area contributed by atoms with Gasteiger partial charge in [0.25, 0.3) is 0 Å². The van der Waals surface area contributed by atoms with Gasteiger partial charge in [-0.2, -0.15) is 5.10 Å². The summed E-state index contributed by atoms with van der Waals surface area (Å²) in [5.74, 6) is 1.05. The first-order valence-electron chi connectivity index (χ1n) is 4.61. The summed E-state index contributed by atoms with van der Waals surface area (Å²) in [4.78, 5) is 4.22. The summed E-state index contributed by atoms with van der Waals surface area (Å²) in [6.07, 6.45) is 5.02. The summed E-state index contributed by atoms with van der Waals surface area (Å²) in [5.41, 5.74) is 0.308. The summed E-state index contributed by atoms with van der Waals surface area (Å²) >= 11 is 6.14. The van der Waals surface area contributed by atoms with E-state index in [-0.39, 0.29) is 5.38 Å². The Labute approximate surface area is 83.1 Å². The topological polar surface area (TPSA) is 30.7 Å². The van der Waals surface area contributed by atoms with Crippen LogP contribution in [0.2, 0.25) is 0 Å². The Balaban J connectivity index is 2.10. The van der Waals surface area contributed by atoms with Gasteiger partial charge in [-0.15, -0.1) is 11.6 Å². The highest BCUT2D eigenvalue weighted by Gasteiger charge is 2.47. The fourth-order valence-electron chi connectivity index (χ4n) is 1.67. The van der Waals surface area contributed by atoms with E-state index >= 15 is 0 Å². The van der Waals surface area contributed by atoms with Crippen molar-refractivity contribution in [1.82, 2.24) is 14.8 Å². The summed E-state index contributed by atoms with van der Waals surface area (Å²) in [6, 6.07) is 0. The second kappa shape index (κ2) is 2.98. The van der Waals surface area contributed by atoms with Crippen LogP contribution < -0.4 is 0 Å². The van der Waals surface area contributed by atoms with Crippen LogP contribution in [-0.2, 0) is 13.5 Å². The Bertz CT molecular complexity index is 302. The Kier molecular flexibility index (Phi) is 2.06. The van der Waals surface area contributed by atoms with Gasteiger partial charge in [-0.05, 0) is 25.2 Å². The third-order valence-electron chi connectivity index (χ3n) is 3.05. The maximum absolute atomic E-state index is 6.14. The van der Waals surface area contributed by atoms with Gasteiger partial charge in [-0.25, -0.2) is 4.98 Å². The first kappa shape index (κ1) is 9.00. The minimum atomic E-state index is 0.240. The van der Waals surface area contributed by atoms with Crippen molar-refractivity contribution in [2.45, 2.75) is 31.6 Å². The van der Waals surface area contributed by atoms with E-state index in [2.05, 4.69) is 17.0 Å². The minimum Gasteiger partial charge on any atom is -0.253 e. The van der Waals surface area contributed by atoms with E-state index in [1.165, 1.54) is 12.8 Å². The number of hydrogen-bond donors (Lipinski definition) is 0. The first-order valence-corrected chi connectivity index (χ1v) is 5.05. The molecule has 1 aromatic heterocycles. The normalized spacial score (nSPS) is 21.5. The molecule has 2 rings (SSSR count). The highest BCUT2D eigenvalue weighted by atomic mass is 35.5. The smallest absolute Gasteiger partial charge is 0.138 e. The van der Waals surface area contributed by atoms with E-state index in [4.69, 9.17) is 11.6 Å². The molecule has 0 spiro atoms. The van der Waals surface area contributed by atoms with Crippen LogP contribution in [0.3, 0.4) is 0 Å². The Hall–Kier alpha value is -0.570. The fraction of sp³-hybridized carbons (Fsp3) is 0.778. The third kappa shape index (κ3) is 1.57. The molecule has 1 aliphatic rings. The predicted octanol–water partition coefficient (Wildman–Crippen LogP) is 1.77. The zero-order chi connectivity index (χ0) is 9.47. The van der Waals surface area contributed by atoms with Gasteiger partial charge in [0, 0.05) is 18.8 Å². The fourth-order valence-corrected chi connectivity index (χ4v) is 1.97. The molecule has 0 N–H and O–H groups in total. The van der Waals surface area contributed by atoms with Gasteiger partial charge < -0.3 is 0 Å². The van der Waals surface area contributed by atoms with Crippen molar-refractivity contribution in [2.75, 3.05) is 0 Å². The van der Waals surface area contributed by atoms with E-state index in [0.717, 1.165) is 12.2 Å². The number of halogens is 1. The largest absolute Gasteiger partial charge is 0.253 e. The third-order valence-corrected chi connectivity index (χ3v) is 3.51. The van der Waals surface area contributed by atoms with Crippen LogP contribution in [0.4, 0.5) is 0 Å². The molecule has 0 bridgehead atoms. The molecule has 72 valence electrons. The van der Waals surface area contributed by atoms with Crippen LogP contribution in [-0.4, -0.2) is 20.1 Å². The van der Waals surface area contributed by atoms with Crippen LogP contribution in [0.15, 0.2) is 6.33 Å². The standard InChI is InChI=1S/C9H14ClN3/c1-7(10)9(3-4-9)5-8-11-6-12-13(8)2/h6-7H,3-5H2,1-2H3. The molecule has 1 unspecified atom stereocenters. The number of nitrogens with zero attached hydrogens (tertiary/aromatic N) is 3. The van der Waals surface area contributed by atoms with Crippen LogP contribution in [0.25, 0.3) is 0 Å². The van der Waals surface area contributed by atoms with Crippen molar-refractivity contribution < 1.29 is 0 Å². The molecule has 0 amide bonds. The maximum Gasteiger partial charge on any atom is 0.138 e. The predicted molar refractivity (Wildman–Crippen MR) is 51.7 cm³/mol. The Morgan fingerprint density at radius 1 is 1.69 bits per heavy atom. The lowest BCUT2D eigenvalue weighted by Crippen LogP contribution is -2.18. The van der Waals surface area contributed by atoms with E-state index in [9.17, 15) is 0 Å². The number of aromatic nitrogens is 3. The van der Waals surface area contributed by atoms with Gasteiger partial charge in [0.2, 0.25) is 0 Å². The highest BCUT2D eigenvalue weighted by Crippen LogP contribution is 2.52. The molecule has 1 fully saturated rings. The second-order valence-electron chi connectivity index (χ2n) is 3.96. The molecule has 1 saturated carbocycles. The van der Waals surface area contributed by atoms with Gasteiger partial charge in [0.15, 0.2) is 0 Å². The van der Waals surface area contributed by atoms with Crippen LogP contribution in [0, 0.1) is 5.41 Å². The molecular formula is C9H14ClN3. The number of aryl methyl sites for hydroxylation is 1. The van der Waals surface area contributed by atoms with Gasteiger partial charge in [-0.1, -0.05) is 0 Å². The zero-order valence-electron chi connectivity index (χ0n) is 8.00. The summed E-state index contributed by atoms with van der Waals surface area (Å²) in [7, 11) is 1.93. The molecule has 13 heavy (non-hydrogen) atoms. The molecule has 0 saturated heterocycles. The first-order chi connectivity index (χ1) is 6.14. The van der Waals surface area contributed by atoms with E-state index in [1.54, 1.807) is 6.33 Å². The highest BCUT2D eigenvalue weighted by molar-refractivity contribution is 6.21. The van der Waals surface area contributed by atoms with E-state index in [1.807, 2.05) is 11.7 Å². The summed E-state index contributed by atoms with van der Waals surface area (Å²) < 4.78 is 1.83. The maximum atomic E-state index is 6.14. The number of hydrogen-bond acceptors (Lipinski definition) is 2. The number of rotatable bonds is 3. The molecule has 1 aliphatic carbocycles. The molecule has 0 aliphatic heterocycles. The quantitative estimate of drug-likeness (QED) is 0.695. The lowest BCUT2D eigenvalue weighted by atomic mass is 9.98. The van der Waals surface area contributed by atoms with Crippen molar-refractivity contribution in [2.24, 2.45) is 12.5 Å².